The summed E-state index contributed by atoms with van der Waals surface area (Å²) < 4.78 is 5.54. The largest absolute Gasteiger partial charge is 0.493 e. The van der Waals surface area contributed by atoms with Crippen LogP contribution in [0.25, 0.3) is 0 Å². The van der Waals surface area contributed by atoms with Gasteiger partial charge < -0.3 is 10.5 Å². The summed E-state index contributed by atoms with van der Waals surface area (Å²) in [6.45, 7) is 5.35. The number of benzene rings is 1. The van der Waals surface area contributed by atoms with Gasteiger partial charge in [-0.15, -0.1) is 0 Å². The highest BCUT2D eigenvalue weighted by Gasteiger charge is 2.51. The van der Waals surface area contributed by atoms with Gasteiger partial charge >= 0.3 is 0 Å². The summed E-state index contributed by atoms with van der Waals surface area (Å²) in [6.07, 6.45) is 3.33. The van der Waals surface area contributed by atoms with E-state index in [1.807, 2.05) is 0 Å². The summed E-state index contributed by atoms with van der Waals surface area (Å²) in [7, 11) is 0. The monoisotopic (exact) mass is 217 g/mol. The Bertz CT molecular complexity index is 432. The zero-order valence-corrected chi connectivity index (χ0v) is 10.0. The average Bonchev–Trinajstić information content (AvgIpc) is 2.86. The van der Waals surface area contributed by atoms with Crippen molar-refractivity contribution in [2.75, 3.05) is 6.61 Å². The predicted octanol–water partition coefficient (Wildman–Crippen LogP) is 2.39. The van der Waals surface area contributed by atoms with Crippen LogP contribution < -0.4 is 10.5 Å². The molecule has 0 bridgehead atoms. The van der Waals surface area contributed by atoms with Crippen LogP contribution in [0.3, 0.4) is 0 Å². The van der Waals surface area contributed by atoms with Gasteiger partial charge in [-0.05, 0) is 30.0 Å². The average molecular weight is 217 g/mol. The normalized spacial score (nSPS) is 21.4. The number of hydrogen-bond donors (Lipinski definition) is 1. The molecule has 1 aliphatic heterocycles. The van der Waals surface area contributed by atoms with Crippen LogP contribution in [0, 0.1) is 0 Å². The van der Waals surface area contributed by atoms with Crippen molar-refractivity contribution in [1.82, 2.24) is 0 Å². The molecule has 2 aliphatic rings. The van der Waals surface area contributed by atoms with Gasteiger partial charge in [0.2, 0.25) is 0 Å². The van der Waals surface area contributed by atoms with Gasteiger partial charge in [-0.1, -0.05) is 26.0 Å². The minimum Gasteiger partial charge on any atom is -0.493 e. The number of hydrogen-bond acceptors (Lipinski definition) is 2. The lowest BCUT2D eigenvalue weighted by molar-refractivity contribution is 0.356. The Labute approximate surface area is 96.8 Å². The molecule has 1 saturated carbocycles. The third kappa shape index (κ3) is 1.29. The van der Waals surface area contributed by atoms with Crippen LogP contribution in [-0.4, -0.2) is 12.1 Å². The van der Waals surface area contributed by atoms with E-state index in [4.69, 9.17) is 10.5 Å². The molecule has 1 aliphatic carbocycles. The first kappa shape index (κ1) is 10.2. The van der Waals surface area contributed by atoms with Crippen molar-refractivity contribution >= 4 is 0 Å². The molecular weight excluding hydrogens is 198 g/mol. The summed E-state index contributed by atoms with van der Waals surface area (Å²) >= 11 is 0. The maximum atomic E-state index is 6.37. The molecule has 1 fully saturated rings. The van der Waals surface area contributed by atoms with E-state index in [9.17, 15) is 0 Å². The van der Waals surface area contributed by atoms with E-state index in [1.54, 1.807) is 0 Å². The molecule has 2 N–H and O–H groups in total. The fourth-order valence-corrected chi connectivity index (χ4v) is 2.62. The molecule has 0 amide bonds. The van der Waals surface area contributed by atoms with Crippen molar-refractivity contribution in [3.63, 3.8) is 0 Å². The number of ether oxygens (including phenoxy) is 1. The SMILES string of the molecule is CC(C)(c1ccc2c(c1)CCO2)C1(N)CC1. The lowest BCUT2D eigenvalue weighted by Gasteiger charge is -2.32. The number of nitrogens with two attached hydrogens (primary N) is 1. The third-order valence-electron chi connectivity index (χ3n) is 4.44. The molecule has 0 aromatic heterocycles. The molecular formula is C14H19NO. The van der Waals surface area contributed by atoms with Crippen molar-refractivity contribution < 1.29 is 4.74 Å². The minimum atomic E-state index is 0.0146. The Hall–Kier alpha value is -1.02. The second-order valence-electron chi connectivity index (χ2n) is 5.70. The Morgan fingerprint density at radius 1 is 1.31 bits per heavy atom. The molecule has 3 rings (SSSR count). The van der Waals surface area contributed by atoms with Crippen LogP contribution in [0.15, 0.2) is 18.2 Å². The molecule has 16 heavy (non-hydrogen) atoms. The van der Waals surface area contributed by atoms with E-state index in [0.29, 0.717) is 0 Å². The van der Waals surface area contributed by atoms with Gasteiger partial charge in [-0.3, -0.25) is 0 Å². The van der Waals surface area contributed by atoms with Crippen LogP contribution in [0.4, 0.5) is 0 Å². The first-order valence-electron chi connectivity index (χ1n) is 6.08. The van der Waals surface area contributed by atoms with Gasteiger partial charge in [0, 0.05) is 17.4 Å². The molecule has 0 radical (unpaired) electrons. The molecule has 0 atom stereocenters. The molecule has 0 saturated heterocycles. The van der Waals surface area contributed by atoms with Crippen molar-refractivity contribution in [3.05, 3.63) is 29.3 Å². The first-order chi connectivity index (χ1) is 7.53. The number of fused-ring (bicyclic) bond motifs is 1. The predicted molar refractivity (Wildman–Crippen MR) is 64.8 cm³/mol. The first-order valence-corrected chi connectivity index (χ1v) is 6.08. The fourth-order valence-electron chi connectivity index (χ4n) is 2.62. The van der Waals surface area contributed by atoms with E-state index >= 15 is 0 Å². The second kappa shape index (κ2) is 3.01. The Morgan fingerprint density at radius 3 is 2.75 bits per heavy atom. The Balaban J connectivity index is 2.01. The van der Waals surface area contributed by atoms with Gasteiger partial charge in [-0.2, -0.15) is 0 Å². The van der Waals surface area contributed by atoms with Crippen molar-refractivity contribution in [2.45, 2.75) is 44.1 Å². The van der Waals surface area contributed by atoms with Gasteiger partial charge in [-0.25, -0.2) is 0 Å². The van der Waals surface area contributed by atoms with Gasteiger partial charge in [0.15, 0.2) is 0 Å². The highest BCUT2D eigenvalue weighted by atomic mass is 16.5. The van der Waals surface area contributed by atoms with E-state index in [1.165, 1.54) is 11.1 Å². The molecule has 1 heterocycles. The van der Waals surface area contributed by atoms with E-state index in [0.717, 1.165) is 31.6 Å². The maximum Gasteiger partial charge on any atom is 0.122 e. The Kier molecular flexibility index (Phi) is 1.91. The van der Waals surface area contributed by atoms with Crippen LogP contribution in [0.1, 0.15) is 37.8 Å². The molecule has 1 aromatic rings. The second-order valence-corrected chi connectivity index (χ2v) is 5.70. The highest BCUT2D eigenvalue weighted by Crippen LogP contribution is 2.49. The Morgan fingerprint density at radius 2 is 2.06 bits per heavy atom. The highest BCUT2D eigenvalue weighted by molar-refractivity contribution is 5.44. The van der Waals surface area contributed by atoms with Crippen molar-refractivity contribution in [1.29, 1.82) is 0 Å². The molecule has 86 valence electrons. The smallest absolute Gasteiger partial charge is 0.122 e. The molecule has 2 heteroatoms. The summed E-state index contributed by atoms with van der Waals surface area (Å²) in [5.41, 5.74) is 9.16. The molecule has 0 spiro atoms. The molecule has 0 unspecified atom stereocenters. The summed E-state index contributed by atoms with van der Waals surface area (Å²) in [5, 5.41) is 0. The number of rotatable bonds is 2. The summed E-state index contributed by atoms with van der Waals surface area (Å²) in [5.74, 6) is 1.06. The van der Waals surface area contributed by atoms with Crippen LogP contribution in [0.5, 0.6) is 5.75 Å². The van der Waals surface area contributed by atoms with Gasteiger partial charge in [0.1, 0.15) is 5.75 Å². The van der Waals surface area contributed by atoms with Crippen LogP contribution in [0.2, 0.25) is 0 Å². The zero-order chi connectivity index (χ0) is 11.4. The minimum absolute atomic E-state index is 0.0146. The molecule has 2 nitrogen and oxygen atoms in total. The zero-order valence-electron chi connectivity index (χ0n) is 10.0. The van der Waals surface area contributed by atoms with Crippen molar-refractivity contribution in [2.24, 2.45) is 5.73 Å². The van der Waals surface area contributed by atoms with Crippen LogP contribution in [-0.2, 0) is 11.8 Å². The quantitative estimate of drug-likeness (QED) is 0.825. The lowest BCUT2D eigenvalue weighted by Crippen LogP contribution is -2.43. The van der Waals surface area contributed by atoms with E-state index in [-0.39, 0.29) is 11.0 Å². The topological polar surface area (TPSA) is 35.2 Å². The van der Waals surface area contributed by atoms with Gasteiger partial charge in [0.25, 0.3) is 0 Å². The van der Waals surface area contributed by atoms with Gasteiger partial charge in [0.05, 0.1) is 6.61 Å². The third-order valence-corrected chi connectivity index (χ3v) is 4.44. The standard InChI is InChI=1S/C14H19NO/c1-13(2,14(15)6-7-14)11-3-4-12-10(9-11)5-8-16-12/h3-4,9H,5-8,15H2,1-2H3. The fraction of sp³-hybridized carbons (Fsp3) is 0.571. The van der Waals surface area contributed by atoms with Crippen molar-refractivity contribution in [3.8, 4) is 5.75 Å². The van der Waals surface area contributed by atoms with E-state index in [2.05, 4.69) is 32.0 Å². The maximum absolute atomic E-state index is 6.37. The van der Waals surface area contributed by atoms with Crippen LogP contribution >= 0.6 is 0 Å². The molecule has 1 aromatic carbocycles. The summed E-state index contributed by atoms with van der Waals surface area (Å²) in [4.78, 5) is 0. The summed E-state index contributed by atoms with van der Waals surface area (Å²) in [6, 6.07) is 6.57. The lowest BCUT2D eigenvalue weighted by atomic mass is 9.75. The van der Waals surface area contributed by atoms with E-state index < -0.39 is 0 Å².